The molecule has 0 aliphatic rings. The van der Waals surface area contributed by atoms with E-state index in [1.54, 1.807) is 13.2 Å². The third-order valence-corrected chi connectivity index (χ3v) is 3.91. The summed E-state index contributed by atoms with van der Waals surface area (Å²) in [7, 11) is 1.56. The lowest BCUT2D eigenvalue weighted by molar-refractivity contribution is 0.198. The summed E-state index contributed by atoms with van der Waals surface area (Å²) in [6.07, 6.45) is -1.08. The largest absolute Gasteiger partial charge is 0.496 e. The number of methoxy groups -OCH3 is 1. The van der Waals surface area contributed by atoms with Crippen LogP contribution in [-0.4, -0.2) is 18.0 Å². The minimum Gasteiger partial charge on any atom is -0.496 e. The first kappa shape index (κ1) is 14.8. The summed E-state index contributed by atoms with van der Waals surface area (Å²) in [6, 6.07) is 10.4. The Bertz CT molecular complexity index is 590. The van der Waals surface area contributed by atoms with Gasteiger partial charge in [-0.2, -0.15) is 0 Å². The predicted molar refractivity (Wildman–Crippen MR) is 75.0 cm³/mol. The molecule has 0 aromatic heterocycles. The number of hydrogen-bond donors (Lipinski definition) is 1. The highest BCUT2D eigenvalue weighted by Crippen LogP contribution is 2.32. The Balaban J connectivity index is 2.08. The molecule has 0 saturated carbocycles. The zero-order valence-corrected chi connectivity index (χ0v) is 11.7. The van der Waals surface area contributed by atoms with Gasteiger partial charge < -0.3 is 9.84 Å². The number of hydrogen-bond acceptors (Lipinski definition) is 3. The Kier molecular flexibility index (Phi) is 4.98. The molecule has 5 heteroatoms. The molecular weight excluding hydrogens is 282 g/mol. The van der Waals surface area contributed by atoms with E-state index >= 15 is 0 Å². The second-order valence-corrected chi connectivity index (χ2v) is 5.21. The van der Waals surface area contributed by atoms with Crippen LogP contribution in [0.2, 0.25) is 0 Å². The van der Waals surface area contributed by atoms with E-state index in [-0.39, 0.29) is 11.3 Å². The van der Waals surface area contributed by atoms with Crippen molar-refractivity contribution in [3.8, 4) is 5.75 Å². The maximum Gasteiger partial charge on any atom is 0.132 e. The Morgan fingerprint density at radius 3 is 2.70 bits per heavy atom. The number of halogens is 2. The monoisotopic (exact) mass is 296 g/mol. The number of aliphatic hydroxyl groups is 1. The molecule has 0 radical (unpaired) electrons. The molecule has 0 saturated heterocycles. The standard InChI is InChI=1S/C15H14F2O2S/c1-19-14-4-2-3-5-15(14)20-9-13(18)11-8-10(16)6-7-12(11)17/h2-8,13,18H,9H2,1H3. The number of para-hydroxylation sites is 1. The minimum atomic E-state index is -1.08. The van der Waals surface area contributed by atoms with Crippen LogP contribution in [0.25, 0.3) is 0 Å². The van der Waals surface area contributed by atoms with E-state index < -0.39 is 17.7 Å². The predicted octanol–water partition coefficient (Wildman–Crippen LogP) is 3.80. The van der Waals surface area contributed by atoms with Crippen LogP contribution in [0.15, 0.2) is 47.4 Å². The topological polar surface area (TPSA) is 29.5 Å². The van der Waals surface area contributed by atoms with Gasteiger partial charge in [-0.05, 0) is 30.3 Å². The summed E-state index contributed by atoms with van der Waals surface area (Å²) in [5, 5.41) is 9.98. The first-order valence-electron chi connectivity index (χ1n) is 6.00. The van der Waals surface area contributed by atoms with Gasteiger partial charge in [-0.3, -0.25) is 0 Å². The van der Waals surface area contributed by atoms with E-state index in [1.807, 2.05) is 18.2 Å². The van der Waals surface area contributed by atoms with Crippen LogP contribution in [0.1, 0.15) is 11.7 Å². The Morgan fingerprint density at radius 2 is 1.95 bits per heavy atom. The van der Waals surface area contributed by atoms with E-state index in [1.165, 1.54) is 11.8 Å². The van der Waals surface area contributed by atoms with Gasteiger partial charge in [0.2, 0.25) is 0 Å². The van der Waals surface area contributed by atoms with E-state index in [2.05, 4.69) is 0 Å². The zero-order valence-electron chi connectivity index (χ0n) is 10.8. The highest BCUT2D eigenvalue weighted by Gasteiger charge is 2.15. The van der Waals surface area contributed by atoms with Crippen molar-refractivity contribution in [2.75, 3.05) is 12.9 Å². The van der Waals surface area contributed by atoms with E-state index in [9.17, 15) is 13.9 Å². The number of ether oxygens (including phenoxy) is 1. The van der Waals surface area contributed by atoms with Gasteiger partial charge in [-0.15, -0.1) is 11.8 Å². The number of thioether (sulfide) groups is 1. The number of benzene rings is 2. The summed E-state index contributed by atoms with van der Waals surface area (Å²) >= 11 is 1.33. The highest BCUT2D eigenvalue weighted by atomic mass is 32.2. The zero-order chi connectivity index (χ0) is 14.5. The van der Waals surface area contributed by atoms with Crippen molar-refractivity contribution in [1.82, 2.24) is 0 Å². The van der Waals surface area contributed by atoms with Crippen LogP contribution in [0.3, 0.4) is 0 Å². The maximum atomic E-state index is 13.5. The van der Waals surface area contributed by atoms with Gasteiger partial charge in [-0.25, -0.2) is 8.78 Å². The lowest BCUT2D eigenvalue weighted by atomic mass is 10.1. The van der Waals surface area contributed by atoms with Gasteiger partial charge in [-0.1, -0.05) is 12.1 Å². The van der Waals surface area contributed by atoms with Crippen molar-refractivity contribution in [2.24, 2.45) is 0 Å². The first-order chi connectivity index (χ1) is 9.61. The van der Waals surface area contributed by atoms with Gasteiger partial charge >= 0.3 is 0 Å². The normalized spacial score (nSPS) is 12.2. The summed E-state index contributed by atoms with van der Waals surface area (Å²) in [6.45, 7) is 0. The molecule has 2 aromatic carbocycles. The molecule has 1 N–H and O–H groups in total. The van der Waals surface area contributed by atoms with E-state index in [0.717, 1.165) is 23.1 Å². The fourth-order valence-electron chi connectivity index (χ4n) is 1.77. The lowest BCUT2D eigenvalue weighted by Gasteiger charge is -2.13. The van der Waals surface area contributed by atoms with Crippen molar-refractivity contribution in [2.45, 2.75) is 11.0 Å². The minimum absolute atomic E-state index is 0.0348. The number of rotatable bonds is 5. The van der Waals surface area contributed by atoms with Crippen molar-refractivity contribution < 1.29 is 18.6 Å². The van der Waals surface area contributed by atoms with Crippen molar-refractivity contribution in [3.05, 3.63) is 59.7 Å². The second-order valence-electron chi connectivity index (χ2n) is 4.14. The highest BCUT2D eigenvalue weighted by molar-refractivity contribution is 7.99. The van der Waals surface area contributed by atoms with Crippen LogP contribution in [-0.2, 0) is 0 Å². The first-order valence-corrected chi connectivity index (χ1v) is 6.99. The molecule has 20 heavy (non-hydrogen) atoms. The number of aliphatic hydroxyl groups excluding tert-OH is 1. The molecule has 0 bridgehead atoms. The van der Waals surface area contributed by atoms with Crippen molar-refractivity contribution in [3.63, 3.8) is 0 Å². The molecule has 0 fully saturated rings. The molecule has 106 valence electrons. The molecule has 0 heterocycles. The van der Waals surface area contributed by atoms with Crippen molar-refractivity contribution >= 4 is 11.8 Å². The summed E-state index contributed by atoms with van der Waals surface area (Å²) in [4.78, 5) is 0.839. The molecule has 2 rings (SSSR count). The van der Waals surface area contributed by atoms with Gasteiger partial charge in [0.05, 0.1) is 13.2 Å². The Morgan fingerprint density at radius 1 is 1.20 bits per heavy atom. The van der Waals surface area contributed by atoms with Gasteiger partial charge in [0.25, 0.3) is 0 Å². The summed E-state index contributed by atoms with van der Waals surface area (Å²) < 4.78 is 31.8. The molecule has 1 atom stereocenters. The summed E-state index contributed by atoms with van der Waals surface area (Å²) in [5.74, 6) is -0.285. The van der Waals surface area contributed by atoms with Crippen LogP contribution in [0, 0.1) is 11.6 Å². The smallest absolute Gasteiger partial charge is 0.132 e. The Labute approximate surface area is 120 Å². The van der Waals surface area contributed by atoms with Crippen LogP contribution < -0.4 is 4.74 Å². The van der Waals surface area contributed by atoms with Crippen LogP contribution in [0.4, 0.5) is 8.78 Å². The fraction of sp³-hybridized carbons (Fsp3) is 0.200. The Hall–Kier alpha value is -1.59. The average Bonchev–Trinajstić information content (AvgIpc) is 2.47. The quantitative estimate of drug-likeness (QED) is 0.851. The molecule has 1 unspecified atom stereocenters. The summed E-state index contributed by atoms with van der Waals surface area (Å²) in [5.41, 5.74) is -0.0348. The SMILES string of the molecule is COc1ccccc1SCC(O)c1cc(F)ccc1F. The molecular formula is C15H14F2O2S. The van der Waals surface area contributed by atoms with E-state index in [4.69, 9.17) is 4.74 Å². The molecule has 0 aliphatic heterocycles. The van der Waals surface area contributed by atoms with E-state index in [0.29, 0.717) is 5.75 Å². The van der Waals surface area contributed by atoms with Crippen LogP contribution in [0.5, 0.6) is 5.75 Å². The van der Waals surface area contributed by atoms with Crippen molar-refractivity contribution in [1.29, 1.82) is 0 Å². The molecule has 0 amide bonds. The molecule has 2 aromatic rings. The maximum absolute atomic E-state index is 13.5. The lowest BCUT2D eigenvalue weighted by Crippen LogP contribution is -2.04. The van der Waals surface area contributed by atoms with Gasteiger partial charge in [0, 0.05) is 16.2 Å². The molecule has 0 spiro atoms. The molecule has 0 aliphatic carbocycles. The third-order valence-electron chi connectivity index (χ3n) is 2.78. The van der Waals surface area contributed by atoms with Gasteiger partial charge in [0.1, 0.15) is 17.4 Å². The fourth-order valence-corrected chi connectivity index (χ4v) is 2.75. The second kappa shape index (κ2) is 6.72. The third kappa shape index (κ3) is 3.49. The van der Waals surface area contributed by atoms with Gasteiger partial charge in [0.15, 0.2) is 0 Å². The van der Waals surface area contributed by atoms with Crippen LogP contribution >= 0.6 is 11.8 Å². The molecule has 2 nitrogen and oxygen atoms in total. The average molecular weight is 296 g/mol.